The SMILES string of the molecule is CC(C)Cc1cnoc1C1CNCCS1. The van der Waals surface area contributed by atoms with E-state index in [-0.39, 0.29) is 0 Å². The van der Waals surface area contributed by atoms with Gasteiger partial charge in [-0.3, -0.25) is 0 Å². The van der Waals surface area contributed by atoms with Crippen LogP contribution < -0.4 is 5.32 Å². The van der Waals surface area contributed by atoms with Gasteiger partial charge in [0, 0.05) is 24.4 Å². The molecule has 0 amide bonds. The van der Waals surface area contributed by atoms with Gasteiger partial charge < -0.3 is 9.84 Å². The molecule has 1 unspecified atom stereocenters. The molecule has 0 aromatic carbocycles. The molecule has 1 N–H and O–H groups in total. The third-order valence-electron chi connectivity index (χ3n) is 2.52. The van der Waals surface area contributed by atoms with Crippen LogP contribution in [0.15, 0.2) is 10.7 Å². The van der Waals surface area contributed by atoms with Gasteiger partial charge in [0.2, 0.25) is 0 Å². The van der Waals surface area contributed by atoms with Crippen LogP contribution in [0.2, 0.25) is 0 Å². The monoisotopic (exact) mass is 226 g/mol. The molecule has 0 spiro atoms. The molecule has 0 aliphatic carbocycles. The average Bonchev–Trinajstić information content (AvgIpc) is 2.66. The topological polar surface area (TPSA) is 38.1 Å². The highest BCUT2D eigenvalue weighted by atomic mass is 32.2. The summed E-state index contributed by atoms with van der Waals surface area (Å²) in [6.07, 6.45) is 2.94. The first-order valence-corrected chi connectivity index (χ1v) is 6.58. The molecule has 1 fully saturated rings. The van der Waals surface area contributed by atoms with Crippen molar-refractivity contribution in [2.45, 2.75) is 25.5 Å². The van der Waals surface area contributed by atoms with E-state index >= 15 is 0 Å². The molecule has 1 aromatic rings. The van der Waals surface area contributed by atoms with Crippen molar-refractivity contribution in [3.63, 3.8) is 0 Å². The van der Waals surface area contributed by atoms with Gasteiger partial charge in [0.1, 0.15) is 0 Å². The Balaban J connectivity index is 2.09. The number of nitrogens with one attached hydrogen (secondary N) is 1. The Labute approximate surface area is 95.0 Å². The van der Waals surface area contributed by atoms with Crippen LogP contribution in [0.25, 0.3) is 0 Å². The molecule has 1 aliphatic heterocycles. The zero-order valence-electron chi connectivity index (χ0n) is 9.32. The van der Waals surface area contributed by atoms with Gasteiger partial charge in [-0.1, -0.05) is 19.0 Å². The number of hydrogen-bond donors (Lipinski definition) is 1. The fourth-order valence-electron chi connectivity index (χ4n) is 1.86. The van der Waals surface area contributed by atoms with E-state index in [1.165, 1.54) is 5.56 Å². The normalized spacial score (nSPS) is 22.2. The van der Waals surface area contributed by atoms with Crippen molar-refractivity contribution in [1.29, 1.82) is 0 Å². The summed E-state index contributed by atoms with van der Waals surface area (Å²) >= 11 is 1.97. The van der Waals surface area contributed by atoms with Crippen molar-refractivity contribution in [1.82, 2.24) is 10.5 Å². The number of hydrogen-bond acceptors (Lipinski definition) is 4. The zero-order valence-corrected chi connectivity index (χ0v) is 10.1. The molecule has 1 saturated heterocycles. The summed E-state index contributed by atoms with van der Waals surface area (Å²) in [6.45, 7) is 6.56. The minimum absolute atomic E-state index is 0.454. The molecule has 0 bridgehead atoms. The van der Waals surface area contributed by atoms with Crippen LogP contribution in [0.1, 0.15) is 30.4 Å². The summed E-state index contributed by atoms with van der Waals surface area (Å²) in [6, 6.07) is 0. The largest absolute Gasteiger partial charge is 0.360 e. The van der Waals surface area contributed by atoms with Crippen LogP contribution in [-0.4, -0.2) is 24.0 Å². The lowest BCUT2D eigenvalue weighted by Crippen LogP contribution is -2.28. The fourth-order valence-corrected chi connectivity index (χ4v) is 2.99. The highest BCUT2D eigenvalue weighted by Gasteiger charge is 2.23. The maximum absolute atomic E-state index is 5.39. The van der Waals surface area contributed by atoms with Gasteiger partial charge in [-0.2, -0.15) is 0 Å². The average molecular weight is 226 g/mol. The van der Waals surface area contributed by atoms with Gasteiger partial charge >= 0.3 is 0 Å². The maximum Gasteiger partial charge on any atom is 0.154 e. The Morgan fingerprint density at radius 3 is 3.20 bits per heavy atom. The van der Waals surface area contributed by atoms with Crippen molar-refractivity contribution >= 4 is 11.8 Å². The molecule has 84 valence electrons. The predicted molar refractivity (Wildman–Crippen MR) is 63.1 cm³/mol. The Morgan fingerprint density at radius 2 is 2.53 bits per heavy atom. The predicted octanol–water partition coefficient (Wildman–Crippen LogP) is 2.25. The van der Waals surface area contributed by atoms with Crippen molar-refractivity contribution in [2.24, 2.45) is 5.92 Å². The zero-order chi connectivity index (χ0) is 10.7. The van der Waals surface area contributed by atoms with Crippen molar-refractivity contribution < 1.29 is 4.52 Å². The molecule has 3 nitrogen and oxygen atoms in total. The maximum atomic E-state index is 5.39. The summed E-state index contributed by atoms with van der Waals surface area (Å²) in [5.74, 6) is 2.90. The van der Waals surface area contributed by atoms with Gasteiger partial charge in [-0.25, -0.2) is 0 Å². The lowest BCUT2D eigenvalue weighted by molar-refractivity contribution is 0.375. The molecule has 2 rings (SSSR count). The van der Waals surface area contributed by atoms with Crippen molar-refractivity contribution in [3.05, 3.63) is 17.5 Å². The van der Waals surface area contributed by atoms with Gasteiger partial charge in [0.25, 0.3) is 0 Å². The minimum Gasteiger partial charge on any atom is -0.360 e. The molecule has 1 atom stereocenters. The Kier molecular flexibility index (Phi) is 3.70. The van der Waals surface area contributed by atoms with Crippen molar-refractivity contribution in [3.8, 4) is 0 Å². The van der Waals surface area contributed by atoms with E-state index in [9.17, 15) is 0 Å². The second-order valence-corrected chi connectivity index (χ2v) is 5.69. The molecule has 0 radical (unpaired) electrons. The second-order valence-electron chi connectivity index (χ2n) is 4.38. The Bertz CT molecular complexity index is 305. The third kappa shape index (κ3) is 2.75. The van der Waals surface area contributed by atoms with Gasteiger partial charge in [-0.05, 0) is 12.3 Å². The number of nitrogens with zero attached hydrogens (tertiary/aromatic N) is 1. The van der Waals surface area contributed by atoms with Gasteiger partial charge in [-0.15, -0.1) is 11.8 Å². The lowest BCUT2D eigenvalue weighted by atomic mass is 10.0. The summed E-state index contributed by atoms with van der Waals surface area (Å²) in [5, 5.41) is 7.78. The van der Waals surface area contributed by atoms with E-state index < -0.39 is 0 Å². The molecule has 4 heteroatoms. The van der Waals surface area contributed by atoms with E-state index in [0.29, 0.717) is 11.2 Å². The number of rotatable bonds is 3. The van der Waals surface area contributed by atoms with Crippen LogP contribution in [0, 0.1) is 5.92 Å². The number of thioether (sulfide) groups is 1. The molecule has 15 heavy (non-hydrogen) atoms. The first-order valence-electron chi connectivity index (χ1n) is 5.53. The van der Waals surface area contributed by atoms with E-state index in [1.54, 1.807) is 0 Å². The molecular formula is C11H18N2OS. The first kappa shape index (κ1) is 11.0. The van der Waals surface area contributed by atoms with E-state index in [4.69, 9.17) is 4.52 Å². The third-order valence-corrected chi connectivity index (χ3v) is 3.75. The van der Waals surface area contributed by atoms with Crippen LogP contribution >= 0.6 is 11.8 Å². The van der Waals surface area contributed by atoms with Crippen LogP contribution in [0.4, 0.5) is 0 Å². The van der Waals surface area contributed by atoms with Crippen LogP contribution in [0.5, 0.6) is 0 Å². The molecule has 0 saturated carbocycles. The van der Waals surface area contributed by atoms with Gasteiger partial charge in [0.15, 0.2) is 5.76 Å². The highest BCUT2D eigenvalue weighted by Crippen LogP contribution is 2.32. The molecule has 1 aliphatic rings. The Morgan fingerprint density at radius 1 is 1.67 bits per heavy atom. The number of aromatic nitrogens is 1. The van der Waals surface area contributed by atoms with Gasteiger partial charge in [0.05, 0.1) is 11.4 Å². The smallest absolute Gasteiger partial charge is 0.154 e. The van der Waals surface area contributed by atoms with Crippen LogP contribution in [0.3, 0.4) is 0 Å². The first-order chi connectivity index (χ1) is 7.27. The molecular weight excluding hydrogens is 208 g/mol. The summed E-state index contributed by atoms with van der Waals surface area (Å²) in [5.41, 5.74) is 1.28. The molecule has 2 heterocycles. The second kappa shape index (κ2) is 5.03. The van der Waals surface area contributed by atoms with E-state index in [2.05, 4.69) is 24.3 Å². The Hall–Kier alpha value is -0.480. The van der Waals surface area contributed by atoms with E-state index in [1.807, 2.05) is 18.0 Å². The van der Waals surface area contributed by atoms with Crippen molar-refractivity contribution in [2.75, 3.05) is 18.8 Å². The summed E-state index contributed by atoms with van der Waals surface area (Å²) in [4.78, 5) is 0. The quantitative estimate of drug-likeness (QED) is 0.858. The summed E-state index contributed by atoms with van der Waals surface area (Å²) in [7, 11) is 0. The minimum atomic E-state index is 0.454. The highest BCUT2D eigenvalue weighted by molar-refractivity contribution is 7.99. The van der Waals surface area contributed by atoms with E-state index in [0.717, 1.165) is 31.0 Å². The molecule has 1 aromatic heterocycles. The fraction of sp³-hybridized carbons (Fsp3) is 0.727. The lowest BCUT2D eigenvalue weighted by Gasteiger charge is -2.21. The summed E-state index contributed by atoms with van der Waals surface area (Å²) < 4.78 is 5.39. The van der Waals surface area contributed by atoms with Crippen LogP contribution in [-0.2, 0) is 6.42 Å². The standard InChI is InChI=1S/C11H18N2OS/c1-8(2)5-9-6-13-14-11(9)10-7-12-3-4-15-10/h6,8,10,12H,3-5,7H2,1-2H3.